The molecule has 2 N–H and O–H groups in total. The van der Waals surface area contributed by atoms with Gasteiger partial charge in [-0.1, -0.05) is 26.0 Å². The van der Waals surface area contributed by atoms with Crippen molar-refractivity contribution in [3.05, 3.63) is 89.0 Å². The summed E-state index contributed by atoms with van der Waals surface area (Å²) in [6.07, 6.45) is 0. The summed E-state index contributed by atoms with van der Waals surface area (Å²) < 4.78 is 5.76. The molecule has 1 amide bonds. The number of anilines is 2. The number of aliphatic hydroxyl groups is 1. The summed E-state index contributed by atoms with van der Waals surface area (Å²) in [5, 5.41) is 21.8. The van der Waals surface area contributed by atoms with Gasteiger partial charge in [0.25, 0.3) is 11.7 Å². The summed E-state index contributed by atoms with van der Waals surface area (Å²) in [5.74, 6) is -0.980. The Hall–Kier alpha value is -4.26. The van der Waals surface area contributed by atoms with Crippen molar-refractivity contribution in [1.82, 2.24) is 0 Å². The van der Waals surface area contributed by atoms with Crippen molar-refractivity contribution in [2.45, 2.75) is 46.6 Å². The highest BCUT2D eigenvalue weighted by Crippen LogP contribution is 2.43. The monoisotopic (exact) mass is 528 g/mol. The van der Waals surface area contributed by atoms with E-state index in [-0.39, 0.29) is 23.0 Å². The van der Waals surface area contributed by atoms with Gasteiger partial charge in [-0.2, -0.15) is 0 Å². The van der Waals surface area contributed by atoms with Crippen molar-refractivity contribution in [2.75, 3.05) is 29.5 Å². The lowest BCUT2D eigenvalue weighted by molar-refractivity contribution is -0.132. The van der Waals surface area contributed by atoms with Gasteiger partial charge < -0.3 is 19.8 Å². The van der Waals surface area contributed by atoms with E-state index in [0.29, 0.717) is 29.2 Å². The fraction of sp³-hybridized carbons (Fsp3) is 0.312. The molecule has 1 atom stereocenters. The minimum atomic E-state index is -0.925. The van der Waals surface area contributed by atoms with E-state index in [0.717, 1.165) is 24.3 Å². The first-order valence-corrected chi connectivity index (χ1v) is 13.4. The number of Topliss-reactive ketones (excluding diaryl/α,β-unsaturated/α-hetero) is 1. The molecule has 1 unspecified atom stereocenters. The molecule has 7 heteroatoms. The second kappa shape index (κ2) is 11.6. The molecule has 1 aliphatic heterocycles. The van der Waals surface area contributed by atoms with Gasteiger partial charge in [0, 0.05) is 30.0 Å². The van der Waals surface area contributed by atoms with E-state index >= 15 is 0 Å². The Morgan fingerprint density at radius 1 is 0.974 bits per heavy atom. The Morgan fingerprint density at radius 2 is 1.67 bits per heavy atom. The number of hydrogen-bond acceptors (Lipinski definition) is 6. The van der Waals surface area contributed by atoms with Crippen LogP contribution < -0.4 is 14.5 Å². The summed E-state index contributed by atoms with van der Waals surface area (Å²) >= 11 is 0. The van der Waals surface area contributed by atoms with Crippen molar-refractivity contribution in [1.29, 1.82) is 0 Å². The molecule has 0 radical (unpaired) electrons. The van der Waals surface area contributed by atoms with Crippen LogP contribution in [-0.4, -0.2) is 41.6 Å². The number of phenols is 1. The zero-order chi connectivity index (χ0) is 28.3. The van der Waals surface area contributed by atoms with Crippen LogP contribution in [0.1, 0.15) is 63.3 Å². The second-order valence-corrected chi connectivity index (χ2v) is 9.79. The Balaban J connectivity index is 1.89. The molecule has 1 aliphatic rings. The summed E-state index contributed by atoms with van der Waals surface area (Å²) in [7, 11) is 0. The van der Waals surface area contributed by atoms with Crippen LogP contribution in [0.3, 0.4) is 0 Å². The minimum absolute atomic E-state index is 0.00173. The van der Waals surface area contributed by atoms with E-state index in [4.69, 9.17) is 4.74 Å². The van der Waals surface area contributed by atoms with Crippen LogP contribution in [0.5, 0.6) is 11.5 Å². The highest BCUT2D eigenvalue weighted by atomic mass is 16.5. The van der Waals surface area contributed by atoms with E-state index < -0.39 is 17.7 Å². The number of phenolic OH excluding ortho intramolecular Hbond substituents is 1. The number of carbonyl (C=O) groups is 2. The molecule has 1 heterocycles. The fourth-order valence-corrected chi connectivity index (χ4v) is 5.11. The molecule has 39 heavy (non-hydrogen) atoms. The summed E-state index contributed by atoms with van der Waals surface area (Å²) in [6, 6.07) is 18.2. The first-order valence-electron chi connectivity index (χ1n) is 13.4. The predicted octanol–water partition coefficient (Wildman–Crippen LogP) is 6.39. The number of hydrogen-bond donors (Lipinski definition) is 2. The number of nitrogens with zero attached hydrogens (tertiary/aromatic N) is 2. The lowest BCUT2D eigenvalue weighted by Gasteiger charge is -2.27. The molecule has 7 nitrogen and oxygen atoms in total. The molecular formula is C32H36N2O5. The standard InChI is InChI=1S/C32H36N2O5/c1-6-33(7-2)23-13-15-24(16-14-23)34-29(21-10-9-11-25(35)18-21)28(31(37)32(34)38)30(36)22-12-17-27(39-8-3)26(19-22)20(4)5/h9-20,29,35-36H,6-8H2,1-5H3/b30-28-. The van der Waals surface area contributed by atoms with Crippen LogP contribution in [0.25, 0.3) is 5.76 Å². The Bertz CT molecular complexity index is 1390. The molecule has 0 aromatic heterocycles. The van der Waals surface area contributed by atoms with Crippen LogP contribution in [0.15, 0.2) is 72.3 Å². The third kappa shape index (κ3) is 5.35. The second-order valence-electron chi connectivity index (χ2n) is 9.79. The molecule has 0 bridgehead atoms. The molecule has 1 saturated heterocycles. The Morgan fingerprint density at radius 3 is 2.26 bits per heavy atom. The molecular weight excluding hydrogens is 492 g/mol. The largest absolute Gasteiger partial charge is 0.508 e. The molecule has 0 saturated carbocycles. The van der Waals surface area contributed by atoms with Crippen LogP contribution in [0.2, 0.25) is 0 Å². The van der Waals surface area contributed by atoms with Crippen LogP contribution >= 0.6 is 0 Å². The van der Waals surface area contributed by atoms with Gasteiger partial charge >= 0.3 is 0 Å². The van der Waals surface area contributed by atoms with Crippen LogP contribution in [0.4, 0.5) is 11.4 Å². The van der Waals surface area contributed by atoms with Gasteiger partial charge in [0.05, 0.1) is 18.2 Å². The van der Waals surface area contributed by atoms with Gasteiger partial charge in [-0.3, -0.25) is 14.5 Å². The first kappa shape index (κ1) is 27.8. The van der Waals surface area contributed by atoms with Gasteiger partial charge in [0.15, 0.2) is 0 Å². The smallest absolute Gasteiger partial charge is 0.300 e. The van der Waals surface area contributed by atoms with E-state index in [9.17, 15) is 19.8 Å². The quantitative estimate of drug-likeness (QED) is 0.190. The maximum absolute atomic E-state index is 13.5. The molecule has 0 spiro atoms. The van der Waals surface area contributed by atoms with E-state index in [2.05, 4.69) is 18.7 Å². The highest BCUT2D eigenvalue weighted by Gasteiger charge is 2.47. The lowest BCUT2D eigenvalue weighted by atomic mass is 9.93. The third-order valence-corrected chi connectivity index (χ3v) is 7.09. The van der Waals surface area contributed by atoms with Crippen molar-refractivity contribution in [3.8, 4) is 11.5 Å². The number of benzene rings is 3. The van der Waals surface area contributed by atoms with Gasteiger partial charge in [-0.25, -0.2) is 0 Å². The van der Waals surface area contributed by atoms with E-state index in [1.807, 2.05) is 45.0 Å². The number of carbonyl (C=O) groups excluding carboxylic acids is 2. The first-order chi connectivity index (χ1) is 18.7. The maximum atomic E-state index is 13.5. The zero-order valence-electron chi connectivity index (χ0n) is 23.1. The molecule has 4 rings (SSSR count). The Kier molecular flexibility index (Phi) is 8.29. The van der Waals surface area contributed by atoms with E-state index in [1.54, 1.807) is 30.3 Å². The molecule has 204 valence electrons. The number of amides is 1. The fourth-order valence-electron chi connectivity index (χ4n) is 5.11. The average Bonchev–Trinajstić information content (AvgIpc) is 3.19. The average molecular weight is 529 g/mol. The minimum Gasteiger partial charge on any atom is -0.508 e. The third-order valence-electron chi connectivity index (χ3n) is 7.09. The van der Waals surface area contributed by atoms with Gasteiger partial charge in [0.1, 0.15) is 17.3 Å². The number of aromatic hydroxyl groups is 1. The predicted molar refractivity (Wildman–Crippen MR) is 155 cm³/mol. The van der Waals surface area contributed by atoms with Gasteiger partial charge in [-0.05, 0) is 92.4 Å². The van der Waals surface area contributed by atoms with Gasteiger partial charge in [0.2, 0.25) is 0 Å². The van der Waals surface area contributed by atoms with Crippen LogP contribution in [0, 0.1) is 0 Å². The SMILES string of the molecule is CCOc1ccc(/C(O)=C2/C(=O)C(=O)N(c3ccc(N(CC)CC)cc3)C2c2cccc(O)c2)cc1C(C)C. The molecule has 1 fully saturated rings. The topological polar surface area (TPSA) is 90.3 Å². The Labute approximate surface area is 230 Å². The summed E-state index contributed by atoms with van der Waals surface area (Å²) in [4.78, 5) is 30.6. The molecule has 0 aliphatic carbocycles. The normalized spacial score (nSPS) is 16.7. The maximum Gasteiger partial charge on any atom is 0.300 e. The van der Waals surface area contributed by atoms with Crippen molar-refractivity contribution >= 4 is 28.8 Å². The number of ether oxygens (including phenoxy) is 1. The van der Waals surface area contributed by atoms with Crippen molar-refractivity contribution in [2.24, 2.45) is 0 Å². The lowest BCUT2D eigenvalue weighted by Crippen LogP contribution is -2.29. The molecule has 3 aromatic carbocycles. The summed E-state index contributed by atoms with van der Waals surface area (Å²) in [6.45, 7) is 12.3. The van der Waals surface area contributed by atoms with Gasteiger partial charge in [-0.15, -0.1) is 0 Å². The van der Waals surface area contributed by atoms with Crippen LogP contribution in [-0.2, 0) is 9.59 Å². The summed E-state index contributed by atoms with van der Waals surface area (Å²) in [5.41, 5.74) is 3.31. The number of aliphatic hydroxyl groups excluding tert-OH is 1. The van der Waals surface area contributed by atoms with E-state index in [1.165, 1.54) is 17.0 Å². The number of rotatable bonds is 9. The number of ketones is 1. The molecule has 3 aromatic rings. The van der Waals surface area contributed by atoms with Crippen molar-refractivity contribution in [3.63, 3.8) is 0 Å². The van der Waals surface area contributed by atoms with Crippen molar-refractivity contribution < 1.29 is 24.5 Å². The highest BCUT2D eigenvalue weighted by molar-refractivity contribution is 6.51. The zero-order valence-corrected chi connectivity index (χ0v) is 23.1.